The first-order valence-corrected chi connectivity index (χ1v) is 13.8. The first-order valence-electron chi connectivity index (χ1n) is 13.8. The minimum atomic E-state index is 0.0429. The molecule has 0 amide bonds. The summed E-state index contributed by atoms with van der Waals surface area (Å²) >= 11 is 0. The van der Waals surface area contributed by atoms with Crippen molar-refractivity contribution in [3.05, 3.63) is 54.0 Å². The summed E-state index contributed by atoms with van der Waals surface area (Å²) in [5.41, 5.74) is 10.3. The molecule has 206 valence electrons. The Morgan fingerprint density at radius 1 is 1.18 bits per heavy atom. The van der Waals surface area contributed by atoms with Crippen LogP contribution >= 0.6 is 0 Å². The number of fused-ring (bicyclic) bond motifs is 1. The fraction of sp³-hybridized carbons (Fsp3) is 0.483. The summed E-state index contributed by atoms with van der Waals surface area (Å²) in [7, 11) is 0. The van der Waals surface area contributed by atoms with E-state index in [2.05, 4.69) is 39.2 Å². The zero-order valence-corrected chi connectivity index (χ0v) is 22.8. The minimum absolute atomic E-state index is 0.0429. The highest BCUT2D eigenvalue weighted by molar-refractivity contribution is 6.10. The van der Waals surface area contributed by atoms with E-state index in [1.54, 1.807) is 18.6 Å². The second-order valence-corrected chi connectivity index (χ2v) is 10.5. The number of aliphatic imine (C=N–C) groups is 1. The van der Waals surface area contributed by atoms with Crippen LogP contribution in [0.25, 0.3) is 16.6 Å². The van der Waals surface area contributed by atoms with Gasteiger partial charge in [0.25, 0.3) is 0 Å². The molecule has 3 aromatic rings. The van der Waals surface area contributed by atoms with E-state index < -0.39 is 0 Å². The Kier molecular flexibility index (Phi) is 9.08. The zero-order chi connectivity index (χ0) is 27.0. The number of hydrogen-bond acceptors (Lipinski definition) is 10. The third-order valence-electron chi connectivity index (χ3n) is 7.02. The molecule has 10 heteroatoms. The van der Waals surface area contributed by atoms with Gasteiger partial charge in [0.15, 0.2) is 5.82 Å². The van der Waals surface area contributed by atoms with E-state index in [0.29, 0.717) is 30.0 Å². The van der Waals surface area contributed by atoms with Gasteiger partial charge >= 0.3 is 0 Å². The summed E-state index contributed by atoms with van der Waals surface area (Å²) in [4.78, 5) is 16.5. The molecule has 2 aliphatic rings. The van der Waals surface area contributed by atoms with Crippen molar-refractivity contribution in [2.45, 2.75) is 38.7 Å². The van der Waals surface area contributed by atoms with Crippen LogP contribution in [0.2, 0.25) is 0 Å². The predicted molar refractivity (Wildman–Crippen MR) is 154 cm³/mol. The second-order valence-electron chi connectivity index (χ2n) is 10.5. The molecular weight excluding hydrogens is 492 g/mol. The smallest absolute Gasteiger partial charge is 0.154 e. The quantitative estimate of drug-likeness (QED) is 0.337. The van der Waals surface area contributed by atoms with Crippen LogP contribution in [0.3, 0.4) is 0 Å². The highest BCUT2D eigenvalue weighted by atomic mass is 16.5. The van der Waals surface area contributed by atoms with Gasteiger partial charge in [-0.15, -0.1) is 5.10 Å². The molecule has 10 nitrogen and oxygen atoms in total. The summed E-state index contributed by atoms with van der Waals surface area (Å²) in [6.45, 7) is 9.91. The van der Waals surface area contributed by atoms with Gasteiger partial charge in [-0.25, -0.2) is 4.98 Å². The Hall–Kier alpha value is -3.47. The monoisotopic (exact) mass is 530 g/mol. The first-order chi connectivity index (χ1) is 19.1. The zero-order valence-electron chi connectivity index (χ0n) is 22.8. The van der Waals surface area contributed by atoms with E-state index in [-0.39, 0.29) is 6.10 Å². The molecule has 0 bridgehead atoms. The Bertz CT molecular complexity index is 1300. The number of nitrogens with zero attached hydrogens (tertiary/aromatic N) is 6. The number of rotatable bonds is 12. The third kappa shape index (κ3) is 7.78. The molecule has 3 aromatic heterocycles. The van der Waals surface area contributed by atoms with Crippen molar-refractivity contribution in [2.75, 3.05) is 51.3 Å². The number of morpholine rings is 1. The number of ether oxygens (including phenoxy) is 2. The Labute approximate surface area is 229 Å². The lowest BCUT2D eigenvalue weighted by atomic mass is 10.1. The lowest BCUT2D eigenvalue weighted by Gasteiger charge is -2.30. The number of allylic oxidation sites excluding steroid dienone is 1. The maximum absolute atomic E-state index is 6.24. The van der Waals surface area contributed by atoms with Crippen LogP contribution in [0.5, 0.6) is 0 Å². The highest BCUT2D eigenvalue weighted by Crippen LogP contribution is 2.29. The minimum Gasteiger partial charge on any atom is -0.404 e. The summed E-state index contributed by atoms with van der Waals surface area (Å²) < 4.78 is 11.7. The molecule has 5 rings (SSSR count). The average Bonchev–Trinajstić information content (AvgIpc) is 3.79. The van der Waals surface area contributed by atoms with Crippen molar-refractivity contribution < 1.29 is 9.47 Å². The van der Waals surface area contributed by atoms with Crippen molar-refractivity contribution in [3.63, 3.8) is 0 Å². The molecule has 1 saturated carbocycles. The summed E-state index contributed by atoms with van der Waals surface area (Å²) in [6, 6.07) is 7.78. The van der Waals surface area contributed by atoms with E-state index in [1.165, 1.54) is 12.8 Å². The first kappa shape index (κ1) is 27.1. The van der Waals surface area contributed by atoms with Crippen LogP contribution in [0.15, 0.2) is 47.9 Å². The van der Waals surface area contributed by atoms with Gasteiger partial charge in [-0.2, -0.15) is 5.10 Å². The van der Waals surface area contributed by atoms with Gasteiger partial charge in [0.1, 0.15) is 5.82 Å². The van der Waals surface area contributed by atoms with E-state index >= 15 is 0 Å². The number of nitrogens with two attached hydrogens (primary N) is 1. The van der Waals surface area contributed by atoms with Crippen molar-refractivity contribution in [1.82, 2.24) is 25.1 Å². The van der Waals surface area contributed by atoms with Crippen LogP contribution in [0.4, 0.5) is 11.6 Å². The molecule has 1 aliphatic carbocycles. The van der Waals surface area contributed by atoms with Crippen LogP contribution in [-0.4, -0.2) is 83.4 Å². The normalized spacial score (nSPS) is 17.8. The van der Waals surface area contributed by atoms with Gasteiger partial charge < -0.3 is 20.5 Å². The number of aromatic nitrogens is 4. The Morgan fingerprint density at radius 2 is 2.03 bits per heavy atom. The topological polar surface area (TPSA) is 124 Å². The van der Waals surface area contributed by atoms with E-state index in [9.17, 15) is 0 Å². The number of hydrogen-bond donors (Lipinski definition) is 2. The fourth-order valence-corrected chi connectivity index (χ4v) is 4.40. The summed E-state index contributed by atoms with van der Waals surface area (Å²) in [6.07, 6.45) is 9.53. The maximum Gasteiger partial charge on any atom is 0.154 e. The maximum atomic E-state index is 6.24. The molecule has 0 aromatic carbocycles. The summed E-state index contributed by atoms with van der Waals surface area (Å²) in [5.74, 6) is 2.40. The van der Waals surface area contributed by atoms with Crippen LogP contribution < -0.4 is 11.1 Å². The highest BCUT2D eigenvalue weighted by Gasteiger charge is 2.24. The SMILES string of the molecule is CC(C)c1cnnc(Nc2ccc3ncc(C(C=NCC(CN4CCOCC4)OCC4CC4)=CN)cc3n2)c1. The van der Waals surface area contributed by atoms with Crippen molar-refractivity contribution in [3.8, 4) is 0 Å². The lowest BCUT2D eigenvalue weighted by molar-refractivity contribution is -0.0112. The van der Waals surface area contributed by atoms with E-state index in [1.807, 2.05) is 30.5 Å². The molecule has 0 spiro atoms. The van der Waals surface area contributed by atoms with Gasteiger partial charge in [-0.3, -0.25) is 14.9 Å². The Balaban J connectivity index is 1.26. The average molecular weight is 531 g/mol. The van der Waals surface area contributed by atoms with E-state index in [4.69, 9.17) is 25.2 Å². The van der Waals surface area contributed by atoms with Crippen molar-refractivity contribution in [2.24, 2.45) is 16.6 Å². The fourth-order valence-electron chi connectivity index (χ4n) is 4.40. The molecule has 0 radical (unpaired) electrons. The molecule has 39 heavy (non-hydrogen) atoms. The van der Waals surface area contributed by atoms with Gasteiger partial charge in [-0.1, -0.05) is 13.8 Å². The Morgan fingerprint density at radius 3 is 2.79 bits per heavy atom. The van der Waals surface area contributed by atoms with Crippen LogP contribution in [0, 0.1) is 5.92 Å². The van der Waals surface area contributed by atoms with Crippen molar-refractivity contribution >= 4 is 34.5 Å². The second kappa shape index (κ2) is 13.1. The van der Waals surface area contributed by atoms with Crippen molar-refractivity contribution in [1.29, 1.82) is 0 Å². The number of pyridine rings is 2. The van der Waals surface area contributed by atoms with Gasteiger partial charge in [0.05, 0.1) is 43.1 Å². The molecule has 4 heterocycles. The van der Waals surface area contributed by atoms with Crippen LogP contribution in [-0.2, 0) is 9.47 Å². The third-order valence-corrected chi connectivity index (χ3v) is 7.02. The standard InChI is InChI=1S/C29H38N8O2/c1-20(2)22-12-29(36-33-16-22)35-28-6-5-26-27(34-28)11-23(15-32-26)24(13-30)14-31-17-25(39-19-21-3-4-21)18-37-7-9-38-10-8-37/h5-6,11-16,20-21,25H,3-4,7-10,17-19,30H2,1-2H3,(H,34,35,36). The number of nitrogens with one attached hydrogen (secondary N) is 1. The lowest BCUT2D eigenvalue weighted by Crippen LogP contribution is -2.42. The van der Waals surface area contributed by atoms with Gasteiger partial charge in [0, 0.05) is 56.0 Å². The molecule has 1 atom stereocenters. The molecule has 2 fully saturated rings. The largest absolute Gasteiger partial charge is 0.404 e. The van der Waals surface area contributed by atoms with Crippen LogP contribution in [0.1, 0.15) is 43.7 Å². The predicted octanol–water partition coefficient (Wildman–Crippen LogP) is 3.78. The molecule has 1 aliphatic heterocycles. The molecule has 1 unspecified atom stereocenters. The molecule has 1 saturated heterocycles. The van der Waals surface area contributed by atoms with E-state index in [0.717, 1.165) is 67.2 Å². The summed E-state index contributed by atoms with van der Waals surface area (Å²) in [5, 5.41) is 11.5. The van der Waals surface area contributed by atoms with Gasteiger partial charge in [0.2, 0.25) is 0 Å². The van der Waals surface area contributed by atoms with Gasteiger partial charge in [-0.05, 0) is 54.5 Å². The molecular formula is C29H38N8O2. The molecule has 3 N–H and O–H groups in total. The number of anilines is 2.